The molecule has 1 aliphatic heterocycles. The molecule has 9 heteroatoms. The van der Waals surface area contributed by atoms with Crippen molar-refractivity contribution in [3.05, 3.63) is 29.8 Å². The Morgan fingerprint density at radius 2 is 2.03 bits per heavy atom. The molecular weight excluding hydrogens is 497 g/mol. The second kappa shape index (κ2) is 14.4. The number of hydrogen-bond acceptors (Lipinski definition) is 5. The van der Waals surface area contributed by atoms with Crippen LogP contribution in [0.15, 0.2) is 29.3 Å². The van der Waals surface area contributed by atoms with Gasteiger partial charge < -0.3 is 25.8 Å². The number of nitrogens with zero attached hydrogens (tertiary/aromatic N) is 2. The Balaban J connectivity index is 0.00000450. The van der Waals surface area contributed by atoms with E-state index in [-0.39, 0.29) is 30.6 Å². The Bertz CT molecular complexity index is 666. The predicted octanol–water partition coefficient (Wildman–Crippen LogP) is 1.58. The quantitative estimate of drug-likeness (QED) is 0.240. The van der Waals surface area contributed by atoms with Gasteiger partial charge in [0.1, 0.15) is 5.75 Å². The minimum atomic E-state index is -0.491. The third-order valence-corrected chi connectivity index (χ3v) is 4.77. The number of nitrogens with one attached hydrogen (secondary N) is 2. The van der Waals surface area contributed by atoms with Gasteiger partial charge in [0.05, 0.1) is 13.2 Å². The van der Waals surface area contributed by atoms with Crippen LogP contribution in [0, 0.1) is 5.92 Å². The van der Waals surface area contributed by atoms with Crippen molar-refractivity contribution in [2.45, 2.75) is 32.9 Å². The molecule has 30 heavy (non-hydrogen) atoms. The number of amides is 1. The van der Waals surface area contributed by atoms with E-state index in [2.05, 4.69) is 34.4 Å². The summed E-state index contributed by atoms with van der Waals surface area (Å²) < 4.78 is 10.9. The molecule has 1 aromatic carbocycles. The topological polar surface area (TPSA) is 101 Å². The summed E-state index contributed by atoms with van der Waals surface area (Å²) in [4.78, 5) is 17.7. The third-order valence-electron chi connectivity index (χ3n) is 4.77. The molecule has 2 rings (SSSR count). The molecule has 0 aromatic heterocycles. The molecule has 1 fully saturated rings. The van der Waals surface area contributed by atoms with Gasteiger partial charge in [-0.1, -0.05) is 26.0 Å². The molecule has 0 radical (unpaired) electrons. The van der Waals surface area contributed by atoms with Crippen molar-refractivity contribution in [2.24, 2.45) is 16.6 Å². The van der Waals surface area contributed by atoms with E-state index in [0.29, 0.717) is 24.3 Å². The van der Waals surface area contributed by atoms with Crippen molar-refractivity contribution in [1.29, 1.82) is 0 Å². The van der Waals surface area contributed by atoms with E-state index in [0.717, 1.165) is 50.8 Å². The van der Waals surface area contributed by atoms with Gasteiger partial charge in [0.25, 0.3) is 5.91 Å². The van der Waals surface area contributed by atoms with Crippen molar-refractivity contribution in [3.63, 3.8) is 0 Å². The lowest BCUT2D eigenvalue weighted by Gasteiger charge is -2.35. The summed E-state index contributed by atoms with van der Waals surface area (Å²) in [5.74, 6) is 1.52. The standard InChI is InChI=1S/C21H35N5O3.HI/c1-16(2)11-18(26-7-9-28-10-8-26)14-25-21(23-3)24-13-17-5-4-6-19(12-17)29-15-20(22)27;/h4-6,12,16,18H,7-11,13-15H2,1-3H3,(H2,22,27)(H2,23,24,25);1H. The van der Waals surface area contributed by atoms with Crippen LogP contribution in [0.25, 0.3) is 0 Å². The molecule has 1 aromatic rings. The van der Waals surface area contributed by atoms with Crippen molar-refractivity contribution < 1.29 is 14.3 Å². The van der Waals surface area contributed by atoms with Gasteiger partial charge in [0.15, 0.2) is 12.6 Å². The molecule has 0 saturated carbocycles. The number of primary amides is 1. The predicted molar refractivity (Wildman–Crippen MR) is 130 cm³/mol. The highest BCUT2D eigenvalue weighted by atomic mass is 127. The highest BCUT2D eigenvalue weighted by Gasteiger charge is 2.22. The molecule has 0 aliphatic carbocycles. The van der Waals surface area contributed by atoms with Crippen LogP contribution in [-0.2, 0) is 16.1 Å². The first-order valence-corrected chi connectivity index (χ1v) is 10.2. The van der Waals surface area contributed by atoms with Crippen molar-refractivity contribution in [2.75, 3.05) is 46.5 Å². The lowest BCUT2D eigenvalue weighted by atomic mass is 10.0. The maximum atomic E-state index is 10.9. The summed E-state index contributed by atoms with van der Waals surface area (Å²) >= 11 is 0. The Hall–Kier alpha value is -1.59. The number of rotatable bonds is 10. The second-order valence-corrected chi connectivity index (χ2v) is 7.64. The van der Waals surface area contributed by atoms with E-state index < -0.39 is 5.91 Å². The number of carbonyl (C=O) groups is 1. The maximum absolute atomic E-state index is 10.9. The summed E-state index contributed by atoms with van der Waals surface area (Å²) in [7, 11) is 1.77. The molecular formula is C21H36IN5O3. The molecule has 1 saturated heterocycles. The van der Waals surface area contributed by atoms with E-state index in [1.807, 2.05) is 18.2 Å². The Labute approximate surface area is 197 Å². The van der Waals surface area contributed by atoms with Crippen LogP contribution in [0.1, 0.15) is 25.8 Å². The molecule has 1 unspecified atom stereocenters. The molecule has 8 nitrogen and oxygen atoms in total. The average molecular weight is 533 g/mol. The number of morpholine rings is 1. The monoisotopic (exact) mass is 533 g/mol. The van der Waals surface area contributed by atoms with Crippen LogP contribution in [0.2, 0.25) is 0 Å². The average Bonchev–Trinajstić information content (AvgIpc) is 2.72. The molecule has 4 N–H and O–H groups in total. The lowest BCUT2D eigenvalue weighted by Crippen LogP contribution is -2.50. The van der Waals surface area contributed by atoms with Crippen LogP contribution >= 0.6 is 24.0 Å². The first-order chi connectivity index (χ1) is 14.0. The Morgan fingerprint density at radius 1 is 1.30 bits per heavy atom. The largest absolute Gasteiger partial charge is 0.484 e. The molecule has 1 aliphatic rings. The number of carbonyl (C=O) groups excluding carboxylic acids is 1. The molecule has 1 atom stereocenters. The normalized spacial score (nSPS) is 15.9. The maximum Gasteiger partial charge on any atom is 0.255 e. The first kappa shape index (κ1) is 26.4. The van der Waals surface area contributed by atoms with Gasteiger partial charge in [-0.3, -0.25) is 14.7 Å². The van der Waals surface area contributed by atoms with E-state index in [1.54, 1.807) is 13.1 Å². The zero-order valence-electron chi connectivity index (χ0n) is 18.2. The van der Waals surface area contributed by atoms with Crippen LogP contribution in [0.4, 0.5) is 0 Å². The first-order valence-electron chi connectivity index (χ1n) is 10.2. The number of hydrogen-bond donors (Lipinski definition) is 3. The summed E-state index contributed by atoms with van der Waals surface area (Å²) in [5.41, 5.74) is 6.16. The van der Waals surface area contributed by atoms with Gasteiger partial charge in [-0.25, -0.2) is 0 Å². The van der Waals surface area contributed by atoms with Crippen LogP contribution in [-0.4, -0.2) is 69.3 Å². The minimum absolute atomic E-state index is 0. The summed E-state index contributed by atoms with van der Waals surface area (Å²) in [6.45, 7) is 9.37. The number of aliphatic imine (C=N–C) groups is 1. The fourth-order valence-electron chi connectivity index (χ4n) is 3.37. The molecule has 0 bridgehead atoms. The van der Waals surface area contributed by atoms with E-state index in [1.165, 1.54) is 0 Å². The van der Waals surface area contributed by atoms with Gasteiger partial charge in [-0.05, 0) is 30.0 Å². The fraction of sp³-hybridized carbons (Fsp3) is 0.619. The summed E-state index contributed by atoms with van der Waals surface area (Å²) in [6, 6.07) is 8.02. The smallest absolute Gasteiger partial charge is 0.255 e. The molecule has 1 heterocycles. The van der Waals surface area contributed by atoms with Crippen LogP contribution < -0.4 is 21.1 Å². The Morgan fingerprint density at radius 3 is 2.67 bits per heavy atom. The number of guanidine groups is 1. The molecule has 170 valence electrons. The van der Waals surface area contributed by atoms with E-state index >= 15 is 0 Å². The number of benzene rings is 1. The third kappa shape index (κ3) is 9.94. The van der Waals surface area contributed by atoms with Gasteiger partial charge in [0.2, 0.25) is 0 Å². The van der Waals surface area contributed by atoms with Gasteiger partial charge >= 0.3 is 0 Å². The minimum Gasteiger partial charge on any atom is -0.484 e. The van der Waals surface area contributed by atoms with Crippen LogP contribution in [0.3, 0.4) is 0 Å². The van der Waals surface area contributed by atoms with Crippen molar-refractivity contribution >= 4 is 35.8 Å². The highest BCUT2D eigenvalue weighted by molar-refractivity contribution is 14.0. The van der Waals surface area contributed by atoms with E-state index in [4.69, 9.17) is 15.2 Å². The SMILES string of the molecule is CN=C(NCc1cccc(OCC(N)=O)c1)NCC(CC(C)C)N1CCOCC1.I. The fourth-order valence-corrected chi connectivity index (χ4v) is 3.37. The summed E-state index contributed by atoms with van der Waals surface area (Å²) in [5, 5.41) is 6.80. The van der Waals surface area contributed by atoms with Crippen molar-refractivity contribution in [3.8, 4) is 5.75 Å². The number of nitrogens with two attached hydrogens (primary N) is 1. The summed E-state index contributed by atoms with van der Waals surface area (Å²) in [6.07, 6.45) is 1.13. The van der Waals surface area contributed by atoms with Crippen molar-refractivity contribution in [1.82, 2.24) is 15.5 Å². The van der Waals surface area contributed by atoms with Gasteiger partial charge in [0, 0.05) is 39.3 Å². The van der Waals surface area contributed by atoms with E-state index in [9.17, 15) is 4.79 Å². The lowest BCUT2D eigenvalue weighted by molar-refractivity contribution is -0.119. The number of ether oxygens (including phenoxy) is 2. The molecule has 1 amide bonds. The van der Waals surface area contributed by atoms with Gasteiger partial charge in [-0.15, -0.1) is 24.0 Å². The molecule has 0 spiro atoms. The Kier molecular flexibility index (Phi) is 12.7. The van der Waals surface area contributed by atoms with Gasteiger partial charge in [-0.2, -0.15) is 0 Å². The number of halogens is 1. The van der Waals surface area contributed by atoms with Crippen LogP contribution in [0.5, 0.6) is 5.75 Å². The zero-order chi connectivity index (χ0) is 21.1. The second-order valence-electron chi connectivity index (χ2n) is 7.64. The highest BCUT2D eigenvalue weighted by Crippen LogP contribution is 2.14. The zero-order valence-corrected chi connectivity index (χ0v) is 20.6.